The normalized spacial score (nSPS) is 9.69. The van der Waals surface area contributed by atoms with Gasteiger partial charge in [-0.05, 0) is 36.4 Å². The van der Waals surface area contributed by atoms with Gasteiger partial charge in [0.05, 0.1) is 22.3 Å². The smallest absolute Gasteiger partial charge is 0.337 e. The SMILES string of the molecule is O=C(O)c1ccc(C#Cc2cc(C(=O)O)c(C(=O)O)c(C(=O)O)c2)cc1. The van der Waals surface area contributed by atoms with Gasteiger partial charge < -0.3 is 20.4 Å². The van der Waals surface area contributed by atoms with Gasteiger partial charge in [-0.1, -0.05) is 11.8 Å². The first-order chi connectivity index (χ1) is 12.2. The molecule has 0 unspecified atom stereocenters. The van der Waals surface area contributed by atoms with Crippen LogP contribution in [0, 0.1) is 11.8 Å². The zero-order valence-corrected chi connectivity index (χ0v) is 12.9. The van der Waals surface area contributed by atoms with Gasteiger partial charge in [0.15, 0.2) is 0 Å². The zero-order valence-electron chi connectivity index (χ0n) is 12.9. The van der Waals surface area contributed by atoms with Gasteiger partial charge in [-0.3, -0.25) is 0 Å². The molecule has 0 aromatic heterocycles. The predicted molar refractivity (Wildman–Crippen MR) is 86.7 cm³/mol. The second-order valence-electron chi connectivity index (χ2n) is 4.99. The second-order valence-corrected chi connectivity index (χ2v) is 4.99. The quantitative estimate of drug-likeness (QED) is 0.608. The maximum absolute atomic E-state index is 11.3. The van der Waals surface area contributed by atoms with Crippen molar-refractivity contribution in [2.75, 3.05) is 0 Å². The van der Waals surface area contributed by atoms with Gasteiger partial charge in [0.1, 0.15) is 0 Å². The highest BCUT2D eigenvalue weighted by molar-refractivity contribution is 6.09. The van der Waals surface area contributed by atoms with Crippen molar-refractivity contribution in [3.63, 3.8) is 0 Å². The summed E-state index contributed by atoms with van der Waals surface area (Å²) in [5, 5.41) is 36.2. The lowest BCUT2D eigenvalue weighted by Gasteiger charge is -2.06. The Balaban J connectivity index is 2.54. The molecule has 8 nitrogen and oxygen atoms in total. The molecule has 26 heavy (non-hydrogen) atoms. The third-order valence-corrected chi connectivity index (χ3v) is 3.30. The fraction of sp³-hybridized carbons (Fsp3) is 0. The third kappa shape index (κ3) is 3.85. The molecular formula is C18H10O8. The molecule has 2 rings (SSSR count). The van der Waals surface area contributed by atoms with Crippen LogP contribution in [-0.4, -0.2) is 44.3 Å². The first kappa shape index (κ1) is 18.2. The molecule has 0 radical (unpaired) electrons. The maximum atomic E-state index is 11.3. The first-order valence-electron chi connectivity index (χ1n) is 6.94. The van der Waals surface area contributed by atoms with E-state index in [0.717, 1.165) is 12.1 Å². The fourth-order valence-electron chi connectivity index (χ4n) is 2.12. The highest BCUT2D eigenvalue weighted by Crippen LogP contribution is 2.19. The van der Waals surface area contributed by atoms with Crippen LogP contribution < -0.4 is 0 Å². The van der Waals surface area contributed by atoms with Crippen LogP contribution in [-0.2, 0) is 0 Å². The van der Waals surface area contributed by atoms with E-state index in [1.165, 1.54) is 24.3 Å². The van der Waals surface area contributed by atoms with E-state index in [0.29, 0.717) is 5.56 Å². The van der Waals surface area contributed by atoms with Crippen LogP contribution >= 0.6 is 0 Å². The van der Waals surface area contributed by atoms with Crippen molar-refractivity contribution in [3.05, 3.63) is 69.8 Å². The van der Waals surface area contributed by atoms with Crippen molar-refractivity contribution in [2.24, 2.45) is 0 Å². The molecule has 0 aliphatic rings. The molecule has 130 valence electrons. The van der Waals surface area contributed by atoms with Gasteiger partial charge in [-0.25, -0.2) is 19.2 Å². The van der Waals surface area contributed by atoms with E-state index in [1.54, 1.807) is 0 Å². The molecule has 2 aromatic carbocycles. The standard InChI is InChI=1S/C18H10O8/c19-15(20)11-5-3-9(4-6-11)1-2-10-7-12(16(21)22)14(18(25)26)13(8-10)17(23)24/h3-8H,(H,19,20)(H,21,22)(H,23,24)(H,25,26). The van der Waals surface area contributed by atoms with Gasteiger partial charge in [-0.15, -0.1) is 0 Å². The number of carboxylic acids is 4. The van der Waals surface area contributed by atoms with E-state index in [-0.39, 0.29) is 11.1 Å². The number of hydrogen-bond donors (Lipinski definition) is 4. The molecule has 0 bridgehead atoms. The largest absolute Gasteiger partial charge is 0.478 e. The number of rotatable bonds is 4. The average molecular weight is 354 g/mol. The third-order valence-electron chi connectivity index (χ3n) is 3.30. The summed E-state index contributed by atoms with van der Waals surface area (Å²) in [7, 11) is 0. The van der Waals surface area contributed by atoms with E-state index >= 15 is 0 Å². The van der Waals surface area contributed by atoms with Crippen molar-refractivity contribution >= 4 is 23.9 Å². The van der Waals surface area contributed by atoms with Gasteiger partial charge in [0.2, 0.25) is 0 Å². The van der Waals surface area contributed by atoms with Crippen LogP contribution in [0.4, 0.5) is 0 Å². The van der Waals surface area contributed by atoms with Crippen LogP contribution in [0.25, 0.3) is 0 Å². The Labute approximate surface area is 146 Å². The molecule has 0 fully saturated rings. The highest BCUT2D eigenvalue weighted by Gasteiger charge is 2.24. The van der Waals surface area contributed by atoms with E-state index in [9.17, 15) is 19.2 Å². The van der Waals surface area contributed by atoms with Crippen molar-refractivity contribution < 1.29 is 39.6 Å². The lowest BCUT2D eigenvalue weighted by Crippen LogP contribution is -2.15. The molecule has 2 aromatic rings. The van der Waals surface area contributed by atoms with E-state index in [4.69, 9.17) is 20.4 Å². The molecule has 0 atom stereocenters. The van der Waals surface area contributed by atoms with Gasteiger partial charge in [0.25, 0.3) is 0 Å². The maximum Gasteiger partial charge on any atom is 0.337 e. The van der Waals surface area contributed by atoms with Gasteiger partial charge in [-0.2, -0.15) is 0 Å². The number of carbonyl (C=O) groups is 4. The minimum atomic E-state index is -1.68. The summed E-state index contributed by atoms with van der Waals surface area (Å²) in [6.45, 7) is 0. The molecule has 4 N–H and O–H groups in total. The molecule has 0 spiro atoms. The van der Waals surface area contributed by atoms with Crippen LogP contribution in [0.5, 0.6) is 0 Å². The summed E-state index contributed by atoms with van der Waals surface area (Å²) in [6, 6.07) is 7.45. The van der Waals surface area contributed by atoms with Crippen LogP contribution in [0.15, 0.2) is 36.4 Å². The summed E-state index contributed by atoms with van der Waals surface area (Å²) < 4.78 is 0. The first-order valence-corrected chi connectivity index (χ1v) is 6.94. The average Bonchev–Trinajstić information content (AvgIpc) is 2.59. The summed E-state index contributed by atoms with van der Waals surface area (Å²) in [5.41, 5.74) is -1.76. The Hall–Kier alpha value is -4.12. The Bertz CT molecular complexity index is 955. The molecule has 0 saturated heterocycles. The predicted octanol–water partition coefficient (Wildman–Crippen LogP) is 1.88. The fourth-order valence-corrected chi connectivity index (χ4v) is 2.12. The molecule has 0 aliphatic carbocycles. The topological polar surface area (TPSA) is 149 Å². The molecule has 8 heteroatoms. The van der Waals surface area contributed by atoms with E-state index < -0.39 is 40.6 Å². The Morgan fingerprint density at radius 3 is 1.46 bits per heavy atom. The lowest BCUT2D eigenvalue weighted by molar-refractivity contribution is 0.0633. The summed E-state index contributed by atoms with van der Waals surface area (Å²) in [6.07, 6.45) is 0. The molecule has 0 aliphatic heterocycles. The summed E-state index contributed by atoms with van der Waals surface area (Å²) in [5.74, 6) is -0.797. The van der Waals surface area contributed by atoms with Crippen molar-refractivity contribution in [3.8, 4) is 11.8 Å². The minimum absolute atomic E-state index is 0.00730. The number of aromatic carboxylic acids is 4. The number of carboxylic acid groups (broad SMARTS) is 4. The summed E-state index contributed by atoms with van der Waals surface area (Å²) in [4.78, 5) is 44.5. The zero-order chi connectivity index (χ0) is 19.4. The monoisotopic (exact) mass is 354 g/mol. The Kier molecular flexibility index (Phi) is 5.04. The summed E-state index contributed by atoms with van der Waals surface area (Å²) >= 11 is 0. The molecule has 0 saturated carbocycles. The van der Waals surface area contributed by atoms with E-state index in [2.05, 4.69) is 11.8 Å². The Morgan fingerprint density at radius 2 is 1.08 bits per heavy atom. The van der Waals surface area contributed by atoms with Gasteiger partial charge in [0, 0.05) is 11.1 Å². The van der Waals surface area contributed by atoms with Gasteiger partial charge >= 0.3 is 23.9 Å². The van der Waals surface area contributed by atoms with Crippen LogP contribution in [0.1, 0.15) is 52.6 Å². The lowest BCUT2D eigenvalue weighted by atomic mass is 9.97. The van der Waals surface area contributed by atoms with Crippen molar-refractivity contribution in [2.45, 2.75) is 0 Å². The second kappa shape index (κ2) is 7.19. The molecule has 0 amide bonds. The highest BCUT2D eigenvalue weighted by atomic mass is 16.4. The Morgan fingerprint density at radius 1 is 0.615 bits per heavy atom. The minimum Gasteiger partial charge on any atom is -0.478 e. The number of hydrogen-bond acceptors (Lipinski definition) is 4. The van der Waals surface area contributed by atoms with Crippen LogP contribution in [0.3, 0.4) is 0 Å². The van der Waals surface area contributed by atoms with Crippen LogP contribution in [0.2, 0.25) is 0 Å². The van der Waals surface area contributed by atoms with Crippen molar-refractivity contribution in [1.29, 1.82) is 0 Å². The molecular weight excluding hydrogens is 344 g/mol. The number of benzene rings is 2. The molecule has 0 heterocycles. The van der Waals surface area contributed by atoms with E-state index in [1.807, 2.05) is 0 Å². The van der Waals surface area contributed by atoms with Crippen molar-refractivity contribution in [1.82, 2.24) is 0 Å².